The largest absolute Gasteiger partial charge is 0.361 e. The van der Waals surface area contributed by atoms with Crippen molar-refractivity contribution >= 4 is 39.3 Å². The number of benzene rings is 1. The molecule has 11 heteroatoms. The van der Waals surface area contributed by atoms with Crippen molar-refractivity contribution in [3.8, 4) is 11.5 Å². The van der Waals surface area contributed by atoms with Crippen molar-refractivity contribution in [1.29, 1.82) is 0 Å². The van der Waals surface area contributed by atoms with Gasteiger partial charge in [-0.25, -0.2) is 9.78 Å². The summed E-state index contributed by atoms with van der Waals surface area (Å²) in [4.78, 5) is 47.4. The summed E-state index contributed by atoms with van der Waals surface area (Å²) in [5, 5.41) is 6.62. The molecular formula is C27H30ClN7O3. The van der Waals surface area contributed by atoms with Crippen LogP contribution in [0, 0.1) is 11.8 Å². The SMILES string of the molecule is CC(C)Cn1c(=O)n(C)c(=O)c2c(-c3nc(C(=O)C(C)C)cn3C)n(Cc3c[nH]c4ccc(Cl)cc34)nc21. The number of aromatic nitrogens is 7. The van der Waals surface area contributed by atoms with Crippen LogP contribution in [0.3, 0.4) is 0 Å². The Hall–Kier alpha value is -3.92. The molecule has 0 spiro atoms. The molecule has 0 saturated heterocycles. The summed E-state index contributed by atoms with van der Waals surface area (Å²) >= 11 is 6.28. The van der Waals surface area contributed by atoms with Crippen molar-refractivity contribution in [2.24, 2.45) is 25.9 Å². The molecule has 10 nitrogen and oxygen atoms in total. The van der Waals surface area contributed by atoms with Gasteiger partial charge in [0.25, 0.3) is 5.56 Å². The molecule has 0 atom stereocenters. The summed E-state index contributed by atoms with van der Waals surface area (Å²) in [5.41, 5.74) is 1.97. The lowest BCUT2D eigenvalue weighted by Gasteiger charge is -2.11. The van der Waals surface area contributed by atoms with Gasteiger partial charge >= 0.3 is 5.69 Å². The van der Waals surface area contributed by atoms with E-state index in [0.29, 0.717) is 34.4 Å². The van der Waals surface area contributed by atoms with Crippen molar-refractivity contribution in [1.82, 2.24) is 33.4 Å². The first-order valence-corrected chi connectivity index (χ1v) is 12.9. The number of H-pyrrole nitrogens is 1. The molecule has 0 amide bonds. The van der Waals surface area contributed by atoms with Crippen LogP contribution in [0.15, 0.2) is 40.2 Å². The second kappa shape index (κ2) is 9.43. The fourth-order valence-electron chi connectivity index (χ4n) is 4.78. The molecule has 4 aromatic heterocycles. The number of aromatic amines is 1. The Morgan fingerprint density at radius 1 is 1.13 bits per heavy atom. The van der Waals surface area contributed by atoms with E-state index in [4.69, 9.17) is 16.7 Å². The maximum absolute atomic E-state index is 13.6. The molecule has 1 N–H and O–H groups in total. The van der Waals surface area contributed by atoms with E-state index in [1.807, 2.05) is 52.1 Å². The number of imidazole rings is 1. The van der Waals surface area contributed by atoms with Crippen LogP contribution in [-0.2, 0) is 27.2 Å². The van der Waals surface area contributed by atoms with Gasteiger partial charge in [-0.05, 0) is 29.7 Å². The molecule has 0 unspecified atom stereocenters. The summed E-state index contributed by atoms with van der Waals surface area (Å²) in [6.07, 6.45) is 3.55. The quantitative estimate of drug-likeness (QED) is 0.317. The van der Waals surface area contributed by atoms with E-state index in [9.17, 15) is 14.4 Å². The normalized spacial score (nSPS) is 12.0. The van der Waals surface area contributed by atoms with Crippen LogP contribution in [0.5, 0.6) is 0 Å². The highest BCUT2D eigenvalue weighted by molar-refractivity contribution is 6.31. The van der Waals surface area contributed by atoms with Crippen LogP contribution in [-0.4, -0.2) is 39.2 Å². The number of carbonyl (C=O) groups is 1. The van der Waals surface area contributed by atoms with Crippen molar-refractivity contribution < 1.29 is 4.79 Å². The number of fused-ring (bicyclic) bond motifs is 2. The molecule has 0 bridgehead atoms. The zero-order valence-electron chi connectivity index (χ0n) is 22.2. The molecule has 5 aromatic rings. The summed E-state index contributed by atoms with van der Waals surface area (Å²) in [7, 11) is 3.25. The summed E-state index contributed by atoms with van der Waals surface area (Å²) in [5.74, 6) is 0.222. The Morgan fingerprint density at radius 3 is 2.55 bits per heavy atom. The van der Waals surface area contributed by atoms with Crippen molar-refractivity contribution in [2.45, 2.75) is 40.8 Å². The molecule has 0 aliphatic carbocycles. The number of aryl methyl sites for hydroxylation is 1. The smallest absolute Gasteiger partial charge is 0.332 e. The van der Waals surface area contributed by atoms with Crippen LogP contribution in [0.25, 0.3) is 33.5 Å². The van der Waals surface area contributed by atoms with Crippen LogP contribution >= 0.6 is 11.6 Å². The minimum atomic E-state index is -0.465. The molecule has 0 saturated carbocycles. The Kier molecular flexibility index (Phi) is 6.38. The van der Waals surface area contributed by atoms with Crippen molar-refractivity contribution in [3.63, 3.8) is 0 Å². The molecule has 5 rings (SSSR count). The number of hydrogen-bond donors (Lipinski definition) is 1. The molecule has 1 aromatic carbocycles. The minimum Gasteiger partial charge on any atom is -0.361 e. The average Bonchev–Trinajstić information content (AvgIpc) is 3.55. The molecule has 0 aliphatic rings. The highest BCUT2D eigenvalue weighted by atomic mass is 35.5. The second-order valence-corrected chi connectivity index (χ2v) is 10.9. The number of nitrogens with zero attached hydrogens (tertiary/aromatic N) is 6. The molecular weight excluding hydrogens is 506 g/mol. The van der Waals surface area contributed by atoms with E-state index < -0.39 is 11.2 Å². The Labute approximate surface area is 223 Å². The maximum Gasteiger partial charge on any atom is 0.332 e. The summed E-state index contributed by atoms with van der Waals surface area (Å²) in [6, 6.07) is 5.59. The number of ketones is 1. The van der Waals surface area contributed by atoms with Crippen LogP contribution in [0.4, 0.5) is 0 Å². The van der Waals surface area contributed by atoms with E-state index >= 15 is 0 Å². The fraction of sp³-hybridized carbons (Fsp3) is 0.370. The van der Waals surface area contributed by atoms with E-state index in [-0.39, 0.29) is 29.6 Å². The number of Topliss-reactive ketones (excluding diaryl/α,β-unsaturated/α-hetero) is 1. The first-order valence-electron chi connectivity index (χ1n) is 12.5. The number of hydrogen-bond acceptors (Lipinski definition) is 5. The standard InChI is InChI=1S/C27H30ClN7O3/c1-14(2)11-34-24-21(26(37)33(6)27(34)38)22(25-30-20(13-32(25)5)23(36)15(3)4)35(31-24)12-16-10-29-19-8-7-17(28)9-18(16)19/h7-10,13-15,29H,11-12H2,1-6H3. The lowest BCUT2D eigenvalue weighted by molar-refractivity contribution is 0.0935. The predicted molar refractivity (Wildman–Crippen MR) is 148 cm³/mol. The predicted octanol–water partition coefficient (Wildman–Crippen LogP) is 3.97. The first kappa shape index (κ1) is 25.7. The van der Waals surface area contributed by atoms with Gasteiger partial charge in [-0.15, -0.1) is 0 Å². The maximum atomic E-state index is 13.6. The van der Waals surface area contributed by atoms with Gasteiger partial charge in [0.1, 0.15) is 16.8 Å². The minimum absolute atomic E-state index is 0.0990. The van der Waals surface area contributed by atoms with Crippen LogP contribution in [0.1, 0.15) is 43.7 Å². The Bertz CT molecular complexity index is 1830. The highest BCUT2D eigenvalue weighted by Gasteiger charge is 2.27. The zero-order chi connectivity index (χ0) is 27.5. The highest BCUT2D eigenvalue weighted by Crippen LogP contribution is 2.29. The van der Waals surface area contributed by atoms with Crippen LogP contribution in [0.2, 0.25) is 5.02 Å². The Balaban J connectivity index is 1.84. The second-order valence-electron chi connectivity index (χ2n) is 10.4. The third kappa shape index (κ3) is 4.18. The van der Waals surface area contributed by atoms with E-state index in [1.54, 1.807) is 22.5 Å². The summed E-state index contributed by atoms with van der Waals surface area (Å²) in [6.45, 7) is 8.31. The van der Waals surface area contributed by atoms with Gasteiger partial charge in [-0.3, -0.25) is 23.4 Å². The summed E-state index contributed by atoms with van der Waals surface area (Å²) < 4.78 is 6.06. The number of rotatable bonds is 7. The number of halogens is 1. The average molecular weight is 536 g/mol. The van der Waals surface area contributed by atoms with Gasteiger partial charge in [-0.1, -0.05) is 39.3 Å². The topological polar surface area (TPSA) is 113 Å². The molecule has 38 heavy (non-hydrogen) atoms. The molecule has 198 valence electrons. The third-order valence-corrected chi connectivity index (χ3v) is 6.92. The first-order chi connectivity index (χ1) is 18.0. The Morgan fingerprint density at radius 2 is 1.87 bits per heavy atom. The fourth-order valence-corrected chi connectivity index (χ4v) is 4.95. The van der Waals surface area contributed by atoms with Gasteiger partial charge in [0, 0.05) is 54.9 Å². The van der Waals surface area contributed by atoms with Gasteiger partial charge in [0.15, 0.2) is 17.3 Å². The monoisotopic (exact) mass is 535 g/mol. The number of carbonyl (C=O) groups excluding carboxylic acids is 1. The van der Waals surface area contributed by atoms with Gasteiger partial charge in [0.2, 0.25) is 0 Å². The number of nitrogens with one attached hydrogen (secondary N) is 1. The van der Waals surface area contributed by atoms with Crippen LogP contribution < -0.4 is 11.2 Å². The van der Waals surface area contributed by atoms with E-state index in [2.05, 4.69) is 9.97 Å². The van der Waals surface area contributed by atoms with Crippen molar-refractivity contribution in [2.75, 3.05) is 0 Å². The molecule has 0 radical (unpaired) electrons. The van der Waals surface area contributed by atoms with E-state index in [0.717, 1.165) is 21.0 Å². The van der Waals surface area contributed by atoms with Gasteiger partial charge < -0.3 is 9.55 Å². The molecule has 0 fully saturated rings. The van der Waals surface area contributed by atoms with Gasteiger partial charge in [0.05, 0.1) is 6.54 Å². The van der Waals surface area contributed by atoms with Crippen molar-refractivity contribution in [3.05, 3.63) is 67.7 Å². The molecule has 0 aliphatic heterocycles. The van der Waals surface area contributed by atoms with E-state index in [1.165, 1.54) is 11.6 Å². The lowest BCUT2D eigenvalue weighted by Crippen LogP contribution is -2.38. The zero-order valence-corrected chi connectivity index (χ0v) is 23.0. The van der Waals surface area contributed by atoms with Gasteiger partial charge in [-0.2, -0.15) is 5.10 Å². The third-order valence-electron chi connectivity index (χ3n) is 6.69. The molecule has 4 heterocycles. The lowest BCUT2D eigenvalue weighted by atomic mass is 10.1.